The molecule has 2 N–H and O–H groups in total. The molecule has 3 aromatic rings. The lowest BCUT2D eigenvalue weighted by molar-refractivity contribution is 0.507. The predicted octanol–water partition coefficient (Wildman–Crippen LogP) is 2.33. The van der Waals surface area contributed by atoms with E-state index in [4.69, 9.17) is 10.2 Å². The van der Waals surface area contributed by atoms with Gasteiger partial charge in [0.1, 0.15) is 6.04 Å². The summed E-state index contributed by atoms with van der Waals surface area (Å²) in [6.45, 7) is 0. The lowest BCUT2D eigenvalue weighted by Crippen LogP contribution is -2.10. The van der Waals surface area contributed by atoms with Gasteiger partial charge in [-0.25, -0.2) is 4.98 Å². The molecule has 0 aromatic carbocycles. The SMILES string of the molecule is NC(c1nc2ncccc2o1)c1cccs1. The zero-order chi connectivity index (χ0) is 11.0. The number of nitrogens with two attached hydrogens (primary N) is 1. The van der Waals surface area contributed by atoms with Crippen LogP contribution in [0, 0.1) is 0 Å². The number of fused-ring (bicyclic) bond motifs is 1. The van der Waals surface area contributed by atoms with Gasteiger partial charge in [0.15, 0.2) is 11.2 Å². The van der Waals surface area contributed by atoms with Crippen molar-refractivity contribution < 1.29 is 4.42 Å². The predicted molar refractivity (Wildman–Crippen MR) is 62.2 cm³/mol. The molecule has 0 saturated carbocycles. The molecule has 0 aliphatic rings. The van der Waals surface area contributed by atoms with Crippen LogP contribution in [-0.4, -0.2) is 9.97 Å². The lowest BCUT2D eigenvalue weighted by Gasteiger charge is -2.02. The third-order valence-electron chi connectivity index (χ3n) is 2.30. The number of aromatic nitrogens is 2. The molecule has 0 aliphatic heterocycles. The molecule has 80 valence electrons. The minimum atomic E-state index is -0.311. The fourth-order valence-electron chi connectivity index (χ4n) is 1.51. The molecule has 0 amide bonds. The van der Waals surface area contributed by atoms with Crippen molar-refractivity contribution in [2.24, 2.45) is 5.73 Å². The van der Waals surface area contributed by atoms with Gasteiger partial charge >= 0.3 is 0 Å². The quantitative estimate of drug-likeness (QED) is 0.735. The van der Waals surface area contributed by atoms with Crippen LogP contribution in [0.5, 0.6) is 0 Å². The summed E-state index contributed by atoms with van der Waals surface area (Å²) >= 11 is 1.59. The number of nitrogens with zero attached hydrogens (tertiary/aromatic N) is 2. The highest BCUT2D eigenvalue weighted by molar-refractivity contribution is 7.10. The standard InChI is InChI=1S/C11H9N3OS/c12-9(8-4-2-6-16-8)11-14-10-7(15-11)3-1-5-13-10/h1-6,9H,12H2. The monoisotopic (exact) mass is 231 g/mol. The topological polar surface area (TPSA) is 64.9 Å². The summed E-state index contributed by atoms with van der Waals surface area (Å²) in [6.07, 6.45) is 1.69. The summed E-state index contributed by atoms with van der Waals surface area (Å²) in [5, 5.41) is 1.98. The molecular weight excluding hydrogens is 222 g/mol. The van der Waals surface area contributed by atoms with Crippen molar-refractivity contribution in [2.45, 2.75) is 6.04 Å². The summed E-state index contributed by atoms with van der Waals surface area (Å²) in [6, 6.07) is 7.26. The van der Waals surface area contributed by atoms with Crippen LogP contribution in [0.15, 0.2) is 40.3 Å². The first-order valence-electron chi connectivity index (χ1n) is 4.85. The highest BCUT2D eigenvalue weighted by Crippen LogP contribution is 2.25. The molecule has 1 unspecified atom stereocenters. The molecule has 0 bridgehead atoms. The third kappa shape index (κ3) is 1.50. The van der Waals surface area contributed by atoms with Crippen molar-refractivity contribution >= 4 is 22.6 Å². The molecular formula is C11H9N3OS. The van der Waals surface area contributed by atoms with E-state index in [-0.39, 0.29) is 6.04 Å². The van der Waals surface area contributed by atoms with Crippen LogP contribution in [0.2, 0.25) is 0 Å². The Kier molecular flexibility index (Phi) is 2.19. The maximum Gasteiger partial charge on any atom is 0.219 e. The fraction of sp³-hybridized carbons (Fsp3) is 0.0909. The third-order valence-corrected chi connectivity index (χ3v) is 3.25. The van der Waals surface area contributed by atoms with Crippen molar-refractivity contribution in [3.8, 4) is 0 Å². The van der Waals surface area contributed by atoms with E-state index in [2.05, 4.69) is 9.97 Å². The van der Waals surface area contributed by atoms with Crippen molar-refractivity contribution in [1.82, 2.24) is 9.97 Å². The minimum absolute atomic E-state index is 0.311. The van der Waals surface area contributed by atoms with E-state index in [1.54, 1.807) is 17.5 Å². The maximum absolute atomic E-state index is 6.05. The van der Waals surface area contributed by atoms with E-state index in [0.29, 0.717) is 17.1 Å². The van der Waals surface area contributed by atoms with Gasteiger partial charge in [0.2, 0.25) is 5.89 Å². The fourth-order valence-corrected chi connectivity index (χ4v) is 2.23. The Labute approximate surface area is 95.7 Å². The molecule has 0 radical (unpaired) electrons. The largest absolute Gasteiger partial charge is 0.437 e. The summed E-state index contributed by atoms with van der Waals surface area (Å²) in [7, 11) is 0. The van der Waals surface area contributed by atoms with Crippen LogP contribution in [-0.2, 0) is 0 Å². The zero-order valence-corrected chi connectivity index (χ0v) is 9.15. The van der Waals surface area contributed by atoms with Crippen molar-refractivity contribution in [3.05, 3.63) is 46.6 Å². The van der Waals surface area contributed by atoms with Crippen LogP contribution in [0.4, 0.5) is 0 Å². The Morgan fingerprint density at radius 3 is 3.00 bits per heavy atom. The Hall–Kier alpha value is -1.72. The van der Waals surface area contributed by atoms with Gasteiger partial charge in [0.05, 0.1) is 0 Å². The van der Waals surface area contributed by atoms with E-state index < -0.39 is 0 Å². The first-order chi connectivity index (χ1) is 7.84. The Balaban J connectivity index is 2.06. The minimum Gasteiger partial charge on any atom is -0.437 e. The van der Waals surface area contributed by atoms with Gasteiger partial charge in [-0.2, -0.15) is 4.98 Å². The average Bonchev–Trinajstić information content (AvgIpc) is 2.97. The van der Waals surface area contributed by atoms with Crippen molar-refractivity contribution in [2.75, 3.05) is 0 Å². The average molecular weight is 231 g/mol. The van der Waals surface area contributed by atoms with Gasteiger partial charge in [-0.1, -0.05) is 6.07 Å². The lowest BCUT2D eigenvalue weighted by atomic mass is 10.2. The van der Waals surface area contributed by atoms with Crippen molar-refractivity contribution in [3.63, 3.8) is 0 Å². The van der Waals surface area contributed by atoms with E-state index >= 15 is 0 Å². The Morgan fingerprint density at radius 2 is 2.25 bits per heavy atom. The molecule has 4 nitrogen and oxygen atoms in total. The van der Waals surface area contributed by atoms with Gasteiger partial charge in [-0.3, -0.25) is 0 Å². The van der Waals surface area contributed by atoms with Crippen LogP contribution < -0.4 is 5.73 Å². The van der Waals surface area contributed by atoms with Crippen LogP contribution >= 0.6 is 11.3 Å². The second-order valence-corrected chi connectivity index (χ2v) is 4.35. The molecule has 3 aromatic heterocycles. The van der Waals surface area contributed by atoms with E-state index in [1.807, 2.05) is 29.6 Å². The van der Waals surface area contributed by atoms with E-state index in [0.717, 1.165) is 4.88 Å². The van der Waals surface area contributed by atoms with Gasteiger partial charge in [-0.05, 0) is 23.6 Å². The molecule has 16 heavy (non-hydrogen) atoms. The number of pyridine rings is 1. The van der Waals surface area contributed by atoms with E-state index in [9.17, 15) is 0 Å². The summed E-state index contributed by atoms with van der Waals surface area (Å²) in [5.41, 5.74) is 7.32. The summed E-state index contributed by atoms with van der Waals surface area (Å²) in [4.78, 5) is 9.41. The van der Waals surface area contributed by atoms with Gasteiger partial charge < -0.3 is 10.2 Å². The van der Waals surface area contributed by atoms with Crippen LogP contribution in [0.3, 0.4) is 0 Å². The number of rotatable bonds is 2. The number of oxazole rings is 1. The zero-order valence-electron chi connectivity index (χ0n) is 8.33. The maximum atomic E-state index is 6.05. The van der Waals surface area contributed by atoms with Crippen LogP contribution in [0.1, 0.15) is 16.8 Å². The van der Waals surface area contributed by atoms with Crippen molar-refractivity contribution in [1.29, 1.82) is 0 Å². The molecule has 0 fully saturated rings. The number of hydrogen-bond acceptors (Lipinski definition) is 5. The molecule has 0 aliphatic carbocycles. The molecule has 3 heterocycles. The van der Waals surface area contributed by atoms with Gasteiger partial charge in [-0.15, -0.1) is 11.3 Å². The summed E-state index contributed by atoms with van der Waals surface area (Å²) < 4.78 is 5.56. The van der Waals surface area contributed by atoms with E-state index in [1.165, 1.54) is 0 Å². The highest BCUT2D eigenvalue weighted by atomic mass is 32.1. The Morgan fingerprint density at radius 1 is 1.31 bits per heavy atom. The first kappa shape index (κ1) is 9.50. The van der Waals surface area contributed by atoms with Gasteiger partial charge in [0, 0.05) is 11.1 Å². The highest BCUT2D eigenvalue weighted by Gasteiger charge is 2.16. The summed E-state index contributed by atoms with van der Waals surface area (Å²) in [5.74, 6) is 0.510. The molecule has 0 saturated heterocycles. The molecule has 5 heteroatoms. The number of hydrogen-bond donors (Lipinski definition) is 1. The molecule has 0 spiro atoms. The van der Waals surface area contributed by atoms with Crippen LogP contribution in [0.25, 0.3) is 11.2 Å². The molecule has 3 rings (SSSR count). The normalized spacial score (nSPS) is 13.1. The number of thiophene rings is 1. The molecule has 1 atom stereocenters. The Bertz CT molecular complexity index is 570. The smallest absolute Gasteiger partial charge is 0.219 e. The second-order valence-electron chi connectivity index (χ2n) is 3.37. The second kappa shape index (κ2) is 3.70. The first-order valence-corrected chi connectivity index (χ1v) is 5.73. The van der Waals surface area contributed by atoms with Gasteiger partial charge in [0.25, 0.3) is 0 Å².